The van der Waals surface area contributed by atoms with Crippen LogP contribution in [-0.4, -0.2) is 10.2 Å². The fourth-order valence-electron chi connectivity index (χ4n) is 2.10. The molecule has 3 aromatic rings. The zero-order chi connectivity index (χ0) is 15.7. The topological polar surface area (TPSA) is 91.2 Å². The van der Waals surface area contributed by atoms with Gasteiger partial charge in [0.25, 0.3) is 0 Å². The lowest BCUT2D eigenvalue weighted by atomic mass is 10.1. The number of rotatable bonds is 2. The largest absolute Gasteiger partial charge is 0.506 e. The van der Waals surface area contributed by atoms with Gasteiger partial charge in [0.15, 0.2) is 0 Å². The van der Waals surface area contributed by atoms with Crippen molar-refractivity contribution in [3.63, 3.8) is 0 Å². The second-order valence-electron chi connectivity index (χ2n) is 4.72. The summed E-state index contributed by atoms with van der Waals surface area (Å²) in [6.07, 6.45) is 0. The Morgan fingerprint density at radius 1 is 0.909 bits per heavy atom. The molecule has 0 atom stereocenters. The van der Waals surface area contributed by atoms with Gasteiger partial charge in [0.05, 0.1) is 10.7 Å². The number of nitrogen functional groups attached to an aromatic ring is 1. The van der Waals surface area contributed by atoms with Crippen LogP contribution < -0.4 is 5.73 Å². The van der Waals surface area contributed by atoms with E-state index >= 15 is 0 Å². The lowest BCUT2D eigenvalue weighted by molar-refractivity contribution is 0.474. The SMILES string of the molecule is Nc1cc(O)c(N=Nc2c(O)ccc3ccccc23)cc1Cl. The molecule has 0 aromatic heterocycles. The molecule has 0 aliphatic heterocycles. The van der Waals surface area contributed by atoms with E-state index in [0.29, 0.717) is 5.69 Å². The zero-order valence-corrected chi connectivity index (χ0v) is 12.1. The maximum Gasteiger partial charge on any atom is 0.145 e. The Bertz CT molecular complexity index is 894. The van der Waals surface area contributed by atoms with Crippen molar-refractivity contribution in [1.29, 1.82) is 0 Å². The predicted octanol–water partition coefficient (Wildman–Crippen LogP) is 4.90. The maximum absolute atomic E-state index is 9.99. The van der Waals surface area contributed by atoms with E-state index in [1.54, 1.807) is 12.1 Å². The van der Waals surface area contributed by atoms with E-state index in [4.69, 9.17) is 17.3 Å². The van der Waals surface area contributed by atoms with Crippen molar-refractivity contribution in [2.45, 2.75) is 0 Å². The molecule has 0 spiro atoms. The van der Waals surface area contributed by atoms with Gasteiger partial charge >= 0.3 is 0 Å². The quantitative estimate of drug-likeness (QED) is 0.464. The summed E-state index contributed by atoms with van der Waals surface area (Å²) < 4.78 is 0. The molecule has 3 rings (SSSR count). The van der Waals surface area contributed by atoms with Crippen LogP contribution in [0, 0.1) is 0 Å². The second kappa shape index (κ2) is 5.54. The van der Waals surface area contributed by atoms with Crippen LogP contribution in [0.3, 0.4) is 0 Å². The van der Waals surface area contributed by atoms with Crippen molar-refractivity contribution >= 4 is 39.4 Å². The van der Waals surface area contributed by atoms with Crippen molar-refractivity contribution in [1.82, 2.24) is 0 Å². The summed E-state index contributed by atoms with van der Waals surface area (Å²) in [4.78, 5) is 0. The molecule has 0 saturated carbocycles. The monoisotopic (exact) mass is 313 g/mol. The molecule has 6 heteroatoms. The number of aromatic hydroxyl groups is 2. The molecular formula is C16H12ClN3O2. The average molecular weight is 314 g/mol. The van der Waals surface area contributed by atoms with E-state index in [9.17, 15) is 10.2 Å². The van der Waals surface area contributed by atoms with Crippen LogP contribution in [0.1, 0.15) is 0 Å². The number of fused-ring (bicyclic) bond motifs is 1. The minimum Gasteiger partial charge on any atom is -0.506 e. The van der Waals surface area contributed by atoms with Crippen molar-refractivity contribution in [2.75, 3.05) is 5.73 Å². The number of nitrogens with zero attached hydrogens (tertiary/aromatic N) is 2. The van der Waals surface area contributed by atoms with Crippen molar-refractivity contribution in [2.24, 2.45) is 10.2 Å². The highest BCUT2D eigenvalue weighted by Crippen LogP contribution is 2.38. The molecule has 0 radical (unpaired) electrons. The third-order valence-corrected chi connectivity index (χ3v) is 3.56. The van der Waals surface area contributed by atoms with E-state index in [1.165, 1.54) is 12.1 Å². The normalized spacial score (nSPS) is 11.3. The molecule has 0 bridgehead atoms. The Morgan fingerprint density at radius 3 is 2.50 bits per heavy atom. The van der Waals surface area contributed by atoms with E-state index < -0.39 is 0 Å². The summed E-state index contributed by atoms with van der Waals surface area (Å²) in [5.41, 5.74) is 6.34. The number of phenols is 2. The highest BCUT2D eigenvalue weighted by molar-refractivity contribution is 6.33. The molecule has 0 unspecified atom stereocenters. The number of nitrogens with two attached hydrogens (primary N) is 1. The Balaban J connectivity index is 2.10. The molecule has 4 N–H and O–H groups in total. The molecule has 110 valence electrons. The molecule has 0 amide bonds. The Labute approximate surface area is 131 Å². The van der Waals surface area contributed by atoms with E-state index in [-0.39, 0.29) is 27.9 Å². The number of anilines is 1. The van der Waals surface area contributed by atoms with Gasteiger partial charge in [-0.1, -0.05) is 41.9 Å². The molecule has 22 heavy (non-hydrogen) atoms. The third-order valence-electron chi connectivity index (χ3n) is 3.23. The number of halogens is 1. The van der Waals surface area contributed by atoms with Crippen LogP contribution in [-0.2, 0) is 0 Å². The van der Waals surface area contributed by atoms with Gasteiger partial charge < -0.3 is 15.9 Å². The number of hydrogen-bond donors (Lipinski definition) is 3. The summed E-state index contributed by atoms with van der Waals surface area (Å²) >= 11 is 5.91. The molecular weight excluding hydrogens is 302 g/mol. The lowest BCUT2D eigenvalue weighted by Crippen LogP contribution is -1.85. The number of phenolic OH excluding ortho intramolecular Hbond substituents is 2. The number of azo groups is 1. The highest BCUT2D eigenvalue weighted by Gasteiger charge is 2.08. The van der Waals surface area contributed by atoms with Gasteiger partial charge in [-0.15, -0.1) is 10.2 Å². The first-order chi connectivity index (χ1) is 10.6. The maximum atomic E-state index is 9.99. The smallest absolute Gasteiger partial charge is 0.145 e. The fourth-order valence-corrected chi connectivity index (χ4v) is 2.26. The number of benzene rings is 3. The minimum absolute atomic E-state index is 0.00322. The highest BCUT2D eigenvalue weighted by atomic mass is 35.5. The van der Waals surface area contributed by atoms with Crippen LogP contribution in [0.4, 0.5) is 17.1 Å². The Morgan fingerprint density at radius 2 is 1.68 bits per heavy atom. The third kappa shape index (κ3) is 2.54. The van der Waals surface area contributed by atoms with Gasteiger partial charge in [0.2, 0.25) is 0 Å². The lowest BCUT2D eigenvalue weighted by Gasteiger charge is -2.05. The van der Waals surface area contributed by atoms with E-state index in [1.807, 2.05) is 24.3 Å². The van der Waals surface area contributed by atoms with Crippen LogP contribution >= 0.6 is 11.6 Å². The van der Waals surface area contributed by atoms with Crippen LogP contribution in [0.25, 0.3) is 10.8 Å². The number of hydrogen-bond acceptors (Lipinski definition) is 5. The van der Waals surface area contributed by atoms with E-state index in [2.05, 4.69) is 10.2 Å². The summed E-state index contributed by atoms with van der Waals surface area (Å²) in [5, 5.41) is 29.8. The van der Waals surface area contributed by atoms with Crippen molar-refractivity contribution in [3.05, 3.63) is 53.6 Å². The second-order valence-corrected chi connectivity index (χ2v) is 5.12. The minimum atomic E-state index is -0.134. The van der Waals surface area contributed by atoms with Crippen LogP contribution in [0.15, 0.2) is 58.8 Å². The van der Waals surface area contributed by atoms with Gasteiger partial charge in [-0.25, -0.2) is 0 Å². The zero-order valence-electron chi connectivity index (χ0n) is 11.4. The summed E-state index contributed by atoms with van der Waals surface area (Å²) in [6.45, 7) is 0. The first kappa shape index (κ1) is 14.2. The first-order valence-corrected chi connectivity index (χ1v) is 6.84. The summed E-state index contributed by atoms with van der Waals surface area (Å²) in [5.74, 6) is -0.131. The molecule has 0 aliphatic rings. The summed E-state index contributed by atoms with van der Waals surface area (Å²) in [7, 11) is 0. The molecule has 0 aliphatic carbocycles. The molecule has 0 heterocycles. The van der Waals surface area contributed by atoms with Gasteiger partial charge in [0, 0.05) is 11.5 Å². The standard InChI is InChI=1S/C16H12ClN3O2/c17-11-7-13(15(22)8-12(11)18)19-20-16-10-4-2-1-3-9(10)5-6-14(16)21/h1-8,21-22H,18H2. The molecule has 5 nitrogen and oxygen atoms in total. The predicted molar refractivity (Wildman–Crippen MR) is 87.3 cm³/mol. The molecule has 3 aromatic carbocycles. The summed E-state index contributed by atoms with van der Waals surface area (Å²) in [6, 6.07) is 13.5. The Kier molecular flexibility index (Phi) is 3.56. The fraction of sp³-hybridized carbons (Fsp3) is 0. The van der Waals surface area contributed by atoms with Crippen LogP contribution in [0.5, 0.6) is 11.5 Å². The van der Waals surface area contributed by atoms with Gasteiger partial charge in [-0.2, -0.15) is 0 Å². The van der Waals surface area contributed by atoms with E-state index in [0.717, 1.165) is 10.8 Å². The van der Waals surface area contributed by atoms with Gasteiger partial charge in [-0.3, -0.25) is 0 Å². The van der Waals surface area contributed by atoms with Crippen molar-refractivity contribution in [3.8, 4) is 11.5 Å². The Hall–Kier alpha value is -2.79. The van der Waals surface area contributed by atoms with Gasteiger partial charge in [-0.05, 0) is 17.5 Å². The van der Waals surface area contributed by atoms with Crippen LogP contribution in [0.2, 0.25) is 5.02 Å². The van der Waals surface area contributed by atoms with Gasteiger partial charge in [0.1, 0.15) is 22.9 Å². The first-order valence-electron chi connectivity index (χ1n) is 6.46. The molecule has 0 saturated heterocycles. The average Bonchev–Trinajstić information content (AvgIpc) is 2.51. The van der Waals surface area contributed by atoms with Crippen molar-refractivity contribution < 1.29 is 10.2 Å². The molecule has 0 fully saturated rings.